The van der Waals surface area contributed by atoms with Crippen molar-refractivity contribution in [1.29, 1.82) is 0 Å². The number of hydrogen-bond donors (Lipinski definition) is 0. The van der Waals surface area contributed by atoms with Gasteiger partial charge in [0.1, 0.15) is 18.8 Å². The number of ketones is 1. The van der Waals surface area contributed by atoms with E-state index in [0.717, 1.165) is 10.9 Å². The van der Waals surface area contributed by atoms with Gasteiger partial charge in [-0.1, -0.05) is 18.2 Å². The number of carbonyl (C=O) groups excluding carboxylic acids is 2. The minimum absolute atomic E-state index is 0.0446. The summed E-state index contributed by atoms with van der Waals surface area (Å²) in [6.07, 6.45) is -0.0203. The summed E-state index contributed by atoms with van der Waals surface area (Å²) in [6, 6.07) is 7.45. The van der Waals surface area contributed by atoms with Crippen LogP contribution in [0.1, 0.15) is 17.3 Å². The Labute approximate surface area is 133 Å². The minimum Gasteiger partial charge on any atom is -0.377 e. The Kier molecular flexibility index (Phi) is 4.17. The molecule has 0 saturated carbocycles. The minimum atomic E-state index is -1.15. The van der Waals surface area contributed by atoms with Gasteiger partial charge in [-0.2, -0.15) is 0 Å². The molecule has 2 aromatic rings. The van der Waals surface area contributed by atoms with E-state index in [1.807, 2.05) is 24.3 Å². The number of methoxy groups -OCH3 is 1. The Morgan fingerprint density at radius 1 is 1.30 bits per heavy atom. The maximum Gasteiger partial charge on any atom is 0.242 e. The molecule has 1 amide bonds. The molecule has 1 saturated heterocycles. The molecular weight excluding hydrogens is 299 g/mol. The molecule has 2 heterocycles. The van der Waals surface area contributed by atoms with E-state index in [1.54, 1.807) is 10.8 Å². The van der Waals surface area contributed by atoms with E-state index in [4.69, 9.17) is 4.74 Å². The number of ether oxygens (including phenoxy) is 1. The smallest absolute Gasteiger partial charge is 0.242 e. The summed E-state index contributed by atoms with van der Waals surface area (Å²) in [5.74, 6) is -0.222. The highest BCUT2D eigenvalue weighted by Gasteiger charge is 2.35. The van der Waals surface area contributed by atoms with Crippen molar-refractivity contribution in [1.82, 2.24) is 9.47 Å². The largest absolute Gasteiger partial charge is 0.377 e. The van der Waals surface area contributed by atoms with Gasteiger partial charge in [0.15, 0.2) is 5.78 Å². The summed E-state index contributed by atoms with van der Waals surface area (Å²) < 4.78 is 20.5. The lowest BCUT2D eigenvalue weighted by Crippen LogP contribution is -2.32. The summed E-state index contributed by atoms with van der Waals surface area (Å²) in [5, 5.41) is 0.826. The molecule has 1 aromatic carbocycles. The number of para-hydroxylation sites is 1. The second-order valence-electron chi connectivity index (χ2n) is 5.83. The summed E-state index contributed by atoms with van der Waals surface area (Å²) >= 11 is 0. The van der Waals surface area contributed by atoms with E-state index in [0.29, 0.717) is 5.56 Å². The normalized spacial score (nSPS) is 21.1. The van der Waals surface area contributed by atoms with Crippen LogP contribution in [0.15, 0.2) is 30.5 Å². The van der Waals surface area contributed by atoms with Crippen molar-refractivity contribution in [3.8, 4) is 0 Å². The molecule has 0 radical (unpaired) electrons. The van der Waals surface area contributed by atoms with Crippen molar-refractivity contribution in [2.75, 3.05) is 20.2 Å². The van der Waals surface area contributed by atoms with Gasteiger partial charge in [-0.05, 0) is 13.0 Å². The molecule has 23 heavy (non-hydrogen) atoms. The van der Waals surface area contributed by atoms with Gasteiger partial charge in [0.2, 0.25) is 5.91 Å². The summed E-state index contributed by atoms with van der Waals surface area (Å²) in [6.45, 7) is 1.90. The van der Waals surface area contributed by atoms with Crippen LogP contribution in [0.4, 0.5) is 4.39 Å². The monoisotopic (exact) mass is 318 g/mol. The van der Waals surface area contributed by atoms with E-state index in [-0.39, 0.29) is 31.3 Å². The van der Waals surface area contributed by atoms with Gasteiger partial charge in [0.05, 0.1) is 6.54 Å². The molecule has 0 bridgehead atoms. The second kappa shape index (κ2) is 6.12. The number of amides is 1. The number of aromatic nitrogens is 1. The topological polar surface area (TPSA) is 51.5 Å². The summed E-state index contributed by atoms with van der Waals surface area (Å²) in [7, 11) is 1.45. The maximum absolute atomic E-state index is 13.7. The fourth-order valence-electron chi connectivity index (χ4n) is 3.06. The van der Waals surface area contributed by atoms with Crippen molar-refractivity contribution < 1.29 is 18.7 Å². The SMILES string of the molecule is COC1CN(C(=O)Cn2cc(C(C)=O)c3ccccc32)CC1F. The fourth-order valence-corrected chi connectivity index (χ4v) is 3.06. The van der Waals surface area contributed by atoms with Gasteiger partial charge in [-0.15, -0.1) is 0 Å². The molecule has 1 fully saturated rings. The van der Waals surface area contributed by atoms with E-state index < -0.39 is 12.3 Å². The van der Waals surface area contributed by atoms with Crippen LogP contribution in [0.5, 0.6) is 0 Å². The van der Waals surface area contributed by atoms with Gasteiger partial charge in [0.25, 0.3) is 0 Å². The number of nitrogens with zero attached hydrogens (tertiary/aromatic N) is 2. The van der Waals surface area contributed by atoms with Crippen LogP contribution in [0, 0.1) is 0 Å². The number of benzene rings is 1. The Morgan fingerprint density at radius 3 is 2.70 bits per heavy atom. The van der Waals surface area contributed by atoms with Crippen molar-refractivity contribution >= 4 is 22.6 Å². The van der Waals surface area contributed by atoms with Crippen LogP contribution in [0.25, 0.3) is 10.9 Å². The first kappa shape index (κ1) is 15.7. The number of hydrogen-bond acceptors (Lipinski definition) is 3. The Balaban J connectivity index is 1.85. The van der Waals surface area contributed by atoms with Crippen LogP contribution < -0.4 is 0 Å². The number of rotatable bonds is 4. The molecule has 2 atom stereocenters. The van der Waals surface area contributed by atoms with Gasteiger partial charge in [-0.3, -0.25) is 9.59 Å². The molecule has 3 rings (SSSR count). The number of Topliss-reactive ketones (excluding diaryl/α,β-unsaturated/α-hetero) is 1. The second-order valence-corrected chi connectivity index (χ2v) is 5.83. The van der Waals surface area contributed by atoms with E-state index in [9.17, 15) is 14.0 Å². The highest BCUT2D eigenvalue weighted by Crippen LogP contribution is 2.23. The molecule has 0 N–H and O–H groups in total. The predicted molar refractivity (Wildman–Crippen MR) is 84.2 cm³/mol. The third kappa shape index (κ3) is 2.86. The van der Waals surface area contributed by atoms with Crippen molar-refractivity contribution in [2.45, 2.75) is 25.7 Å². The Bertz CT molecular complexity index is 755. The van der Waals surface area contributed by atoms with Gasteiger partial charge in [-0.25, -0.2) is 4.39 Å². The number of likely N-dealkylation sites (tertiary alicyclic amines) is 1. The van der Waals surface area contributed by atoms with Crippen LogP contribution >= 0.6 is 0 Å². The molecular formula is C17H19FN2O3. The van der Waals surface area contributed by atoms with Crippen molar-refractivity contribution in [2.24, 2.45) is 0 Å². The van der Waals surface area contributed by atoms with E-state index in [2.05, 4.69) is 0 Å². The summed E-state index contributed by atoms with van der Waals surface area (Å²) in [5.41, 5.74) is 1.42. The predicted octanol–water partition coefficient (Wildman–Crippen LogP) is 2.04. The number of alkyl halides is 1. The highest BCUT2D eigenvalue weighted by molar-refractivity contribution is 6.07. The zero-order valence-corrected chi connectivity index (χ0v) is 13.2. The van der Waals surface area contributed by atoms with Gasteiger partial charge in [0, 0.05) is 36.3 Å². The summed E-state index contributed by atoms with van der Waals surface area (Å²) in [4.78, 5) is 25.7. The molecule has 6 heteroatoms. The van der Waals surface area contributed by atoms with Crippen molar-refractivity contribution in [3.05, 3.63) is 36.0 Å². The molecule has 2 unspecified atom stereocenters. The van der Waals surface area contributed by atoms with Crippen LogP contribution in [0.2, 0.25) is 0 Å². The lowest BCUT2D eigenvalue weighted by Gasteiger charge is -2.16. The zero-order valence-electron chi connectivity index (χ0n) is 13.2. The fraction of sp³-hybridized carbons (Fsp3) is 0.412. The molecule has 0 spiro atoms. The Morgan fingerprint density at radius 2 is 2.04 bits per heavy atom. The molecule has 122 valence electrons. The lowest BCUT2D eigenvalue weighted by atomic mass is 10.1. The number of fused-ring (bicyclic) bond motifs is 1. The molecule has 1 aliphatic rings. The molecule has 0 aliphatic carbocycles. The van der Waals surface area contributed by atoms with Crippen molar-refractivity contribution in [3.63, 3.8) is 0 Å². The van der Waals surface area contributed by atoms with E-state index >= 15 is 0 Å². The maximum atomic E-state index is 13.7. The first-order chi connectivity index (χ1) is 11.0. The van der Waals surface area contributed by atoms with Crippen LogP contribution in [-0.2, 0) is 16.1 Å². The third-order valence-corrected chi connectivity index (χ3v) is 4.33. The molecule has 5 nitrogen and oxygen atoms in total. The van der Waals surface area contributed by atoms with E-state index in [1.165, 1.54) is 18.9 Å². The third-order valence-electron chi connectivity index (χ3n) is 4.33. The zero-order chi connectivity index (χ0) is 16.6. The average Bonchev–Trinajstić information content (AvgIpc) is 3.08. The molecule has 1 aliphatic heterocycles. The van der Waals surface area contributed by atoms with Gasteiger partial charge >= 0.3 is 0 Å². The first-order valence-electron chi connectivity index (χ1n) is 7.54. The molecule has 1 aromatic heterocycles. The first-order valence-corrected chi connectivity index (χ1v) is 7.54. The van der Waals surface area contributed by atoms with Gasteiger partial charge < -0.3 is 14.2 Å². The Hall–Kier alpha value is -2.21. The average molecular weight is 318 g/mol. The number of carbonyl (C=O) groups is 2. The lowest BCUT2D eigenvalue weighted by molar-refractivity contribution is -0.131. The highest BCUT2D eigenvalue weighted by atomic mass is 19.1. The quantitative estimate of drug-likeness (QED) is 0.811. The van der Waals surface area contributed by atoms with Crippen LogP contribution in [-0.4, -0.2) is 53.6 Å². The number of halogens is 1. The standard InChI is InChI=1S/C17H19FN2O3/c1-11(21)13-7-19(15-6-4-3-5-12(13)15)10-17(22)20-8-14(18)16(9-20)23-2/h3-7,14,16H,8-10H2,1-2H3. The van der Waals surface area contributed by atoms with Crippen LogP contribution in [0.3, 0.4) is 0 Å².